The van der Waals surface area contributed by atoms with E-state index in [-0.39, 0.29) is 12.5 Å². The van der Waals surface area contributed by atoms with Crippen LogP contribution in [0.15, 0.2) is 54.6 Å². The first-order valence-corrected chi connectivity index (χ1v) is 10.6. The third-order valence-corrected chi connectivity index (χ3v) is 6.22. The molecule has 2 aromatic rings. The van der Waals surface area contributed by atoms with Gasteiger partial charge in [-0.3, -0.25) is 9.69 Å². The normalized spacial score (nSPS) is 22.4. The van der Waals surface area contributed by atoms with Gasteiger partial charge >= 0.3 is 0 Å². The molecule has 2 aromatic carbocycles. The predicted molar refractivity (Wildman–Crippen MR) is 112 cm³/mol. The number of ether oxygens (including phenoxy) is 1. The molecule has 1 unspecified atom stereocenters. The molecule has 5 nitrogen and oxygen atoms in total. The number of piperidine rings is 1. The molecule has 5 heteroatoms. The van der Waals surface area contributed by atoms with E-state index in [2.05, 4.69) is 29.2 Å². The zero-order valence-corrected chi connectivity index (χ0v) is 16.9. The summed E-state index contributed by atoms with van der Waals surface area (Å²) in [6.45, 7) is 3.47. The van der Waals surface area contributed by atoms with Crippen molar-refractivity contribution in [1.82, 2.24) is 9.80 Å². The van der Waals surface area contributed by atoms with Crippen LogP contribution in [0.25, 0.3) is 0 Å². The molecule has 1 amide bonds. The second kappa shape index (κ2) is 8.97. The summed E-state index contributed by atoms with van der Waals surface area (Å²) in [7, 11) is 0. The van der Waals surface area contributed by atoms with Crippen LogP contribution in [0.5, 0.6) is 5.75 Å². The molecule has 154 valence electrons. The Morgan fingerprint density at radius 1 is 0.966 bits per heavy atom. The highest BCUT2D eigenvalue weighted by Gasteiger charge is 2.50. The average molecular weight is 395 g/mol. The topological polar surface area (TPSA) is 53.0 Å². The van der Waals surface area contributed by atoms with Gasteiger partial charge in [-0.2, -0.15) is 0 Å². The summed E-state index contributed by atoms with van der Waals surface area (Å²) in [5.41, 5.74) is 1.92. The standard InChI is InChI=1S/C24H30N2O3/c27-16-15-25-13-5-11-24(23(25)28)12-6-14-26(24)18-21-9-4-10-22(17-21)29-19-20-7-2-1-3-8-20/h1-4,7-10,17,27H,5-6,11-16,18-19H2. The summed E-state index contributed by atoms with van der Waals surface area (Å²) in [4.78, 5) is 17.4. The van der Waals surface area contributed by atoms with Crippen molar-refractivity contribution in [3.05, 3.63) is 65.7 Å². The van der Waals surface area contributed by atoms with Gasteiger partial charge in [-0.25, -0.2) is 0 Å². The molecule has 1 spiro atoms. The number of carbonyl (C=O) groups is 1. The van der Waals surface area contributed by atoms with E-state index >= 15 is 0 Å². The van der Waals surface area contributed by atoms with Crippen LogP contribution in [0.3, 0.4) is 0 Å². The van der Waals surface area contributed by atoms with Crippen molar-refractivity contribution in [2.45, 2.75) is 44.4 Å². The van der Waals surface area contributed by atoms with Crippen molar-refractivity contribution in [2.24, 2.45) is 0 Å². The van der Waals surface area contributed by atoms with Gasteiger partial charge in [0.2, 0.25) is 5.91 Å². The maximum Gasteiger partial charge on any atom is 0.243 e. The minimum absolute atomic E-state index is 0.0304. The number of likely N-dealkylation sites (tertiary alicyclic amines) is 2. The maximum atomic E-state index is 13.2. The second-order valence-corrected chi connectivity index (χ2v) is 8.10. The summed E-state index contributed by atoms with van der Waals surface area (Å²) in [6.07, 6.45) is 3.88. The fourth-order valence-corrected chi connectivity index (χ4v) is 4.78. The molecule has 0 radical (unpaired) electrons. The molecule has 4 rings (SSSR count). The van der Waals surface area contributed by atoms with Gasteiger partial charge in [0.25, 0.3) is 0 Å². The molecule has 1 atom stereocenters. The average Bonchev–Trinajstić information content (AvgIpc) is 3.14. The third kappa shape index (κ3) is 4.31. The molecule has 2 aliphatic rings. The Hall–Kier alpha value is -2.37. The van der Waals surface area contributed by atoms with Crippen LogP contribution < -0.4 is 4.74 Å². The number of hydrogen-bond acceptors (Lipinski definition) is 4. The number of nitrogens with zero attached hydrogens (tertiary/aromatic N) is 2. The Balaban J connectivity index is 1.45. The van der Waals surface area contributed by atoms with Crippen molar-refractivity contribution >= 4 is 5.91 Å². The van der Waals surface area contributed by atoms with E-state index in [1.807, 2.05) is 35.2 Å². The third-order valence-electron chi connectivity index (χ3n) is 6.22. The van der Waals surface area contributed by atoms with E-state index in [9.17, 15) is 9.90 Å². The number of β-amino-alcohol motifs (C(OH)–C–C–N with tert-alkyl or cyclic N) is 1. The molecule has 2 saturated heterocycles. The summed E-state index contributed by atoms with van der Waals surface area (Å²) in [5, 5.41) is 9.31. The summed E-state index contributed by atoms with van der Waals surface area (Å²) in [6, 6.07) is 18.4. The molecule has 0 saturated carbocycles. The molecular formula is C24H30N2O3. The van der Waals surface area contributed by atoms with Crippen molar-refractivity contribution in [2.75, 3.05) is 26.2 Å². The van der Waals surface area contributed by atoms with E-state index in [4.69, 9.17) is 4.74 Å². The predicted octanol–water partition coefficient (Wildman–Crippen LogP) is 3.21. The molecule has 1 N–H and O–H groups in total. The maximum absolute atomic E-state index is 13.2. The highest BCUT2D eigenvalue weighted by molar-refractivity contribution is 5.87. The van der Waals surface area contributed by atoms with Crippen LogP contribution in [0, 0.1) is 0 Å². The lowest BCUT2D eigenvalue weighted by molar-refractivity contribution is -0.148. The zero-order chi connectivity index (χ0) is 20.1. The van der Waals surface area contributed by atoms with Gasteiger partial charge in [0.1, 0.15) is 17.9 Å². The molecule has 2 heterocycles. The van der Waals surface area contributed by atoms with Crippen LogP contribution in [-0.2, 0) is 17.9 Å². The van der Waals surface area contributed by atoms with Crippen LogP contribution in [0.1, 0.15) is 36.8 Å². The second-order valence-electron chi connectivity index (χ2n) is 8.10. The van der Waals surface area contributed by atoms with Crippen LogP contribution in [0.4, 0.5) is 0 Å². The molecular weight excluding hydrogens is 364 g/mol. The lowest BCUT2D eigenvalue weighted by atomic mass is 9.85. The summed E-state index contributed by atoms with van der Waals surface area (Å²) in [5.74, 6) is 1.06. The zero-order valence-electron chi connectivity index (χ0n) is 16.9. The highest BCUT2D eigenvalue weighted by atomic mass is 16.5. The van der Waals surface area contributed by atoms with Gasteiger partial charge in [0, 0.05) is 19.6 Å². The fourth-order valence-electron chi connectivity index (χ4n) is 4.78. The van der Waals surface area contributed by atoms with Crippen molar-refractivity contribution in [3.63, 3.8) is 0 Å². The van der Waals surface area contributed by atoms with Gasteiger partial charge < -0.3 is 14.7 Å². The van der Waals surface area contributed by atoms with Crippen LogP contribution in [-0.4, -0.2) is 52.6 Å². The first-order valence-electron chi connectivity index (χ1n) is 10.6. The quantitative estimate of drug-likeness (QED) is 0.784. The first-order chi connectivity index (χ1) is 14.2. The van der Waals surface area contributed by atoms with Crippen molar-refractivity contribution < 1.29 is 14.6 Å². The van der Waals surface area contributed by atoms with Gasteiger partial charge in [-0.15, -0.1) is 0 Å². The number of hydrogen-bond donors (Lipinski definition) is 1. The summed E-state index contributed by atoms with van der Waals surface area (Å²) < 4.78 is 5.98. The Kier molecular flexibility index (Phi) is 6.16. The molecule has 0 aromatic heterocycles. The van der Waals surface area contributed by atoms with E-state index in [1.165, 1.54) is 5.56 Å². The smallest absolute Gasteiger partial charge is 0.243 e. The minimum atomic E-state index is -0.395. The molecule has 0 aliphatic carbocycles. The molecule has 2 fully saturated rings. The molecule has 2 aliphatic heterocycles. The Labute approximate surface area is 172 Å². The van der Waals surface area contributed by atoms with E-state index < -0.39 is 5.54 Å². The number of carbonyl (C=O) groups excluding carboxylic acids is 1. The Bertz CT molecular complexity index is 824. The minimum Gasteiger partial charge on any atom is -0.489 e. The molecule has 0 bridgehead atoms. The Morgan fingerprint density at radius 2 is 1.72 bits per heavy atom. The number of rotatable bonds is 7. The SMILES string of the molecule is O=C1N(CCO)CCCC12CCCN2Cc1cccc(OCc2ccccc2)c1. The van der Waals surface area contributed by atoms with Gasteiger partial charge in [0.15, 0.2) is 0 Å². The fraction of sp³-hybridized carbons (Fsp3) is 0.458. The lowest BCUT2D eigenvalue weighted by Crippen LogP contribution is -2.60. The summed E-state index contributed by atoms with van der Waals surface area (Å²) >= 11 is 0. The van der Waals surface area contributed by atoms with Gasteiger partial charge in [-0.1, -0.05) is 42.5 Å². The molecule has 29 heavy (non-hydrogen) atoms. The number of aliphatic hydroxyl groups excluding tert-OH is 1. The Morgan fingerprint density at radius 3 is 2.52 bits per heavy atom. The monoisotopic (exact) mass is 394 g/mol. The van der Waals surface area contributed by atoms with E-state index in [0.717, 1.165) is 56.6 Å². The first kappa shape index (κ1) is 19.9. The number of amides is 1. The largest absolute Gasteiger partial charge is 0.489 e. The van der Waals surface area contributed by atoms with Crippen LogP contribution in [0.2, 0.25) is 0 Å². The van der Waals surface area contributed by atoms with Gasteiger partial charge in [-0.05, 0) is 55.5 Å². The van der Waals surface area contributed by atoms with E-state index in [0.29, 0.717) is 13.2 Å². The van der Waals surface area contributed by atoms with Crippen molar-refractivity contribution in [3.8, 4) is 5.75 Å². The van der Waals surface area contributed by atoms with Crippen molar-refractivity contribution in [1.29, 1.82) is 0 Å². The van der Waals surface area contributed by atoms with Crippen LogP contribution >= 0.6 is 0 Å². The van der Waals surface area contributed by atoms with Gasteiger partial charge in [0.05, 0.1) is 6.61 Å². The highest BCUT2D eigenvalue weighted by Crippen LogP contribution is 2.39. The van der Waals surface area contributed by atoms with E-state index in [1.54, 1.807) is 0 Å². The number of benzene rings is 2. The lowest BCUT2D eigenvalue weighted by Gasteiger charge is -2.44. The number of aliphatic hydroxyl groups is 1.